The Kier molecular flexibility index (Phi) is 4.16. The topological polar surface area (TPSA) is 12.0 Å². The van der Waals surface area contributed by atoms with Crippen LogP contribution in [0.5, 0.6) is 0 Å². The highest BCUT2D eigenvalue weighted by atomic mass is 32.1. The summed E-state index contributed by atoms with van der Waals surface area (Å²) >= 11 is 1.55. The molecule has 1 heterocycles. The van der Waals surface area contributed by atoms with Crippen LogP contribution < -0.4 is 5.32 Å². The predicted molar refractivity (Wildman–Crippen MR) is 56.0 cm³/mol. The average molecular weight is 237 g/mol. The van der Waals surface area contributed by atoms with Gasteiger partial charge in [-0.1, -0.05) is 6.07 Å². The van der Waals surface area contributed by atoms with Gasteiger partial charge < -0.3 is 5.32 Å². The second-order valence-corrected chi connectivity index (χ2v) is 4.60. The zero-order valence-electron chi connectivity index (χ0n) is 8.64. The van der Waals surface area contributed by atoms with Crippen molar-refractivity contribution in [3.63, 3.8) is 0 Å². The number of nitrogens with one attached hydrogen (secondary N) is 1. The van der Waals surface area contributed by atoms with E-state index >= 15 is 0 Å². The van der Waals surface area contributed by atoms with E-state index < -0.39 is 18.6 Å². The lowest BCUT2D eigenvalue weighted by Crippen LogP contribution is -2.32. The Morgan fingerprint density at radius 2 is 2.07 bits per heavy atom. The summed E-state index contributed by atoms with van der Waals surface area (Å²) in [6.07, 6.45) is -4.88. The molecule has 0 aliphatic heterocycles. The van der Waals surface area contributed by atoms with Gasteiger partial charge in [0.1, 0.15) is 0 Å². The molecule has 0 aliphatic carbocycles. The number of hydrogen-bond donors (Lipinski definition) is 1. The van der Waals surface area contributed by atoms with E-state index in [-0.39, 0.29) is 6.04 Å². The van der Waals surface area contributed by atoms with Crippen LogP contribution in [-0.4, -0.2) is 12.2 Å². The van der Waals surface area contributed by atoms with Crippen LogP contribution in [0.3, 0.4) is 0 Å². The summed E-state index contributed by atoms with van der Waals surface area (Å²) < 4.78 is 36.2. The Balaban J connectivity index is 2.42. The van der Waals surface area contributed by atoms with Crippen molar-refractivity contribution in [2.24, 2.45) is 0 Å². The number of alkyl halides is 3. The van der Waals surface area contributed by atoms with E-state index in [1.807, 2.05) is 24.4 Å². The van der Waals surface area contributed by atoms with Gasteiger partial charge in [0, 0.05) is 17.0 Å². The number of halogens is 3. The Hall–Kier alpha value is -0.550. The van der Waals surface area contributed by atoms with E-state index in [2.05, 4.69) is 5.32 Å². The zero-order chi connectivity index (χ0) is 11.5. The SMILES string of the molecule is CC(CC(F)(F)F)NC(C)c1cccs1. The van der Waals surface area contributed by atoms with Crippen LogP contribution >= 0.6 is 11.3 Å². The van der Waals surface area contributed by atoms with Gasteiger partial charge in [0.15, 0.2) is 0 Å². The molecule has 1 aromatic heterocycles. The molecule has 0 radical (unpaired) electrons. The third-order valence-electron chi connectivity index (χ3n) is 2.04. The maximum Gasteiger partial charge on any atom is 0.390 e. The van der Waals surface area contributed by atoms with E-state index in [1.165, 1.54) is 0 Å². The van der Waals surface area contributed by atoms with Crippen LogP contribution in [0.1, 0.15) is 31.2 Å². The third-order valence-corrected chi connectivity index (χ3v) is 3.10. The molecule has 86 valence electrons. The molecule has 5 heteroatoms. The molecule has 2 atom stereocenters. The Morgan fingerprint density at radius 1 is 1.40 bits per heavy atom. The molecule has 0 amide bonds. The standard InChI is InChI=1S/C10H14F3NS/c1-7(6-10(11,12)13)14-8(2)9-4-3-5-15-9/h3-5,7-8,14H,6H2,1-2H3. The zero-order valence-corrected chi connectivity index (χ0v) is 9.45. The number of thiophene rings is 1. The minimum Gasteiger partial charge on any atom is -0.307 e. The maximum absolute atomic E-state index is 12.1. The summed E-state index contributed by atoms with van der Waals surface area (Å²) in [7, 11) is 0. The van der Waals surface area contributed by atoms with Crippen molar-refractivity contribution in [2.75, 3.05) is 0 Å². The molecule has 1 aromatic rings. The van der Waals surface area contributed by atoms with Gasteiger partial charge in [-0.3, -0.25) is 0 Å². The summed E-state index contributed by atoms with van der Waals surface area (Å²) in [5, 5.41) is 4.85. The maximum atomic E-state index is 12.1. The van der Waals surface area contributed by atoms with Gasteiger partial charge in [0.2, 0.25) is 0 Å². The second-order valence-electron chi connectivity index (χ2n) is 3.62. The lowest BCUT2D eigenvalue weighted by Gasteiger charge is -2.20. The first kappa shape index (κ1) is 12.5. The molecule has 0 bridgehead atoms. The molecule has 15 heavy (non-hydrogen) atoms. The van der Waals surface area contributed by atoms with Crippen molar-refractivity contribution < 1.29 is 13.2 Å². The fraction of sp³-hybridized carbons (Fsp3) is 0.600. The lowest BCUT2D eigenvalue weighted by atomic mass is 10.2. The highest BCUT2D eigenvalue weighted by Crippen LogP contribution is 2.24. The first-order valence-electron chi connectivity index (χ1n) is 4.74. The van der Waals surface area contributed by atoms with E-state index in [9.17, 15) is 13.2 Å². The normalized spacial score (nSPS) is 16.3. The Labute approximate surface area is 91.3 Å². The molecule has 1 rings (SSSR count). The van der Waals surface area contributed by atoms with Crippen molar-refractivity contribution in [3.05, 3.63) is 22.4 Å². The minimum atomic E-state index is -4.10. The predicted octanol–water partition coefficient (Wildman–Crippen LogP) is 3.74. The van der Waals surface area contributed by atoms with E-state index in [0.717, 1.165) is 4.88 Å². The Morgan fingerprint density at radius 3 is 2.53 bits per heavy atom. The largest absolute Gasteiger partial charge is 0.390 e. The molecule has 2 unspecified atom stereocenters. The van der Waals surface area contributed by atoms with Crippen molar-refractivity contribution in [1.82, 2.24) is 5.32 Å². The van der Waals surface area contributed by atoms with E-state index in [1.54, 1.807) is 18.3 Å². The average Bonchev–Trinajstić information content (AvgIpc) is 2.50. The van der Waals surface area contributed by atoms with Gasteiger partial charge in [-0.15, -0.1) is 11.3 Å². The molecule has 1 N–H and O–H groups in total. The molecule has 0 saturated heterocycles. The smallest absolute Gasteiger partial charge is 0.307 e. The van der Waals surface area contributed by atoms with Gasteiger partial charge >= 0.3 is 6.18 Å². The lowest BCUT2D eigenvalue weighted by molar-refractivity contribution is -0.139. The van der Waals surface area contributed by atoms with Crippen molar-refractivity contribution >= 4 is 11.3 Å². The summed E-state index contributed by atoms with van der Waals surface area (Å²) in [4.78, 5) is 1.06. The highest BCUT2D eigenvalue weighted by molar-refractivity contribution is 7.10. The highest BCUT2D eigenvalue weighted by Gasteiger charge is 2.30. The quantitative estimate of drug-likeness (QED) is 0.841. The van der Waals surface area contributed by atoms with Crippen LogP contribution in [0.4, 0.5) is 13.2 Å². The molecule has 0 aliphatic rings. The van der Waals surface area contributed by atoms with Crippen molar-refractivity contribution in [1.29, 1.82) is 0 Å². The summed E-state index contributed by atoms with van der Waals surface area (Å²) in [5.74, 6) is 0. The van der Waals surface area contributed by atoms with Crippen molar-refractivity contribution in [3.8, 4) is 0 Å². The molecule has 1 nitrogen and oxygen atoms in total. The summed E-state index contributed by atoms with van der Waals surface area (Å²) in [6, 6.07) is 3.24. The fourth-order valence-electron chi connectivity index (χ4n) is 1.45. The minimum absolute atomic E-state index is 0.0256. The van der Waals surface area contributed by atoms with Gasteiger partial charge in [0.05, 0.1) is 6.42 Å². The van der Waals surface area contributed by atoms with E-state index in [4.69, 9.17) is 0 Å². The molecule has 0 aromatic carbocycles. The second kappa shape index (κ2) is 4.99. The molecule has 0 saturated carbocycles. The Bertz CT molecular complexity index is 281. The summed E-state index contributed by atoms with van der Waals surface area (Å²) in [6.45, 7) is 3.43. The van der Waals surface area contributed by atoms with Crippen LogP contribution in [-0.2, 0) is 0 Å². The first-order valence-corrected chi connectivity index (χ1v) is 5.62. The van der Waals surface area contributed by atoms with Crippen LogP contribution in [0.2, 0.25) is 0 Å². The molecular formula is C10H14F3NS. The molecular weight excluding hydrogens is 223 g/mol. The number of hydrogen-bond acceptors (Lipinski definition) is 2. The van der Waals surface area contributed by atoms with Crippen molar-refractivity contribution in [2.45, 2.75) is 38.5 Å². The molecule has 0 spiro atoms. The van der Waals surface area contributed by atoms with Gasteiger partial charge in [0.25, 0.3) is 0 Å². The van der Waals surface area contributed by atoms with Gasteiger partial charge in [-0.25, -0.2) is 0 Å². The van der Waals surface area contributed by atoms with Gasteiger partial charge in [-0.2, -0.15) is 13.2 Å². The fourth-order valence-corrected chi connectivity index (χ4v) is 2.20. The number of rotatable bonds is 4. The first-order chi connectivity index (χ1) is 6.88. The van der Waals surface area contributed by atoms with E-state index in [0.29, 0.717) is 0 Å². The summed E-state index contributed by atoms with van der Waals surface area (Å²) in [5.41, 5.74) is 0. The van der Waals surface area contributed by atoms with Crippen LogP contribution in [0.25, 0.3) is 0 Å². The monoisotopic (exact) mass is 237 g/mol. The van der Waals surface area contributed by atoms with Crippen LogP contribution in [0.15, 0.2) is 17.5 Å². The van der Waals surface area contributed by atoms with Crippen LogP contribution in [0, 0.1) is 0 Å². The third kappa shape index (κ3) is 4.66. The molecule has 0 fully saturated rings. The van der Waals surface area contributed by atoms with Gasteiger partial charge in [-0.05, 0) is 25.3 Å².